The van der Waals surface area contributed by atoms with Crippen LogP contribution < -0.4 is 4.74 Å². The van der Waals surface area contributed by atoms with Crippen molar-refractivity contribution in [2.45, 2.75) is 43.9 Å². The summed E-state index contributed by atoms with van der Waals surface area (Å²) in [7, 11) is 1.76. The van der Waals surface area contributed by atoms with Gasteiger partial charge in [-0.3, -0.25) is 0 Å². The Labute approximate surface area is 200 Å². The van der Waals surface area contributed by atoms with E-state index in [0.29, 0.717) is 16.4 Å². The van der Waals surface area contributed by atoms with E-state index in [2.05, 4.69) is 17.6 Å². The summed E-state index contributed by atoms with van der Waals surface area (Å²) in [6.45, 7) is 3.74. The lowest BCUT2D eigenvalue weighted by atomic mass is 9.48. The van der Waals surface area contributed by atoms with E-state index in [9.17, 15) is 4.79 Å². The predicted molar refractivity (Wildman–Crippen MR) is 132 cm³/mol. The van der Waals surface area contributed by atoms with Crippen LogP contribution in [0.25, 0.3) is 0 Å². The Hall–Kier alpha value is -2.59. The number of hydrogen-bond donors (Lipinski definition) is 0. The zero-order chi connectivity index (χ0) is 23.0. The van der Waals surface area contributed by atoms with Gasteiger partial charge in [-0.15, -0.1) is 0 Å². The first-order valence-electron chi connectivity index (χ1n) is 11.8. The van der Waals surface area contributed by atoms with Gasteiger partial charge in [0.25, 0.3) is 0 Å². The van der Waals surface area contributed by atoms with Gasteiger partial charge in [0.15, 0.2) is 0 Å². The van der Waals surface area contributed by atoms with E-state index in [0.717, 1.165) is 29.1 Å². The van der Waals surface area contributed by atoms with Crippen LogP contribution >= 0.6 is 11.6 Å². The molecule has 0 atom stereocenters. The van der Waals surface area contributed by atoms with Crippen LogP contribution in [0.3, 0.4) is 0 Å². The Morgan fingerprint density at radius 1 is 1.06 bits per heavy atom. The Morgan fingerprint density at radius 2 is 1.67 bits per heavy atom. The topological polar surface area (TPSA) is 47.9 Å². The summed E-state index contributed by atoms with van der Waals surface area (Å²) < 4.78 is 10.9. The summed E-state index contributed by atoms with van der Waals surface area (Å²) in [5.41, 5.74) is 3.57. The van der Waals surface area contributed by atoms with Crippen LogP contribution in [0, 0.1) is 17.8 Å². The van der Waals surface area contributed by atoms with Gasteiger partial charge in [-0.25, -0.2) is 9.79 Å². The maximum absolute atomic E-state index is 12.0. The summed E-state index contributed by atoms with van der Waals surface area (Å²) in [5, 5.41) is 0.436. The van der Waals surface area contributed by atoms with Crippen molar-refractivity contribution in [2.75, 3.05) is 13.7 Å². The summed E-state index contributed by atoms with van der Waals surface area (Å²) >= 11 is 6.69. The number of benzene rings is 2. The lowest BCUT2D eigenvalue weighted by Crippen LogP contribution is -2.48. The molecule has 4 bridgehead atoms. The van der Waals surface area contributed by atoms with Crippen molar-refractivity contribution in [3.8, 4) is 5.75 Å². The minimum absolute atomic E-state index is 0.189. The van der Waals surface area contributed by atoms with Crippen molar-refractivity contribution >= 4 is 28.4 Å². The minimum atomic E-state index is -0.383. The highest BCUT2D eigenvalue weighted by atomic mass is 35.5. The van der Waals surface area contributed by atoms with Gasteiger partial charge < -0.3 is 9.47 Å². The largest absolute Gasteiger partial charge is 0.496 e. The summed E-state index contributed by atoms with van der Waals surface area (Å²) in [6, 6.07) is 13.2. The number of methoxy groups -OCH3 is 1. The van der Waals surface area contributed by atoms with Gasteiger partial charge in [0.05, 0.1) is 18.4 Å². The molecule has 0 spiro atoms. The van der Waals surface area contributed by atoms with E-state index in [-0.39, 0.29) is 18.0 Å². The Bertz CT molecular complexity index is 1050. The highest BCUT2D eigenvalue weighted by Crippen LogP contribution is 2.62. The van der Waals surface area contributed by atoms with E-state index in [4.69, 9.17) is 21.1 Å². The molecule has 0 heterocycles. The third kappa shape index (κ3) is 4.33. The standard InChI is InChI=1S/C28H30ClNO3/c1-3-10-33-27(31)21-4-7-23(8-5-21)30-26(29)22-6-9-25(32-2)24(14-22)28-15-18-11-19(16-28)13-20(12-18)17-28/h3-9,14,18-20H,1,10-13,15-17H2,2H3. The molecule has 0 aliphatic heterocycles. The van der Waals surface area contributed by atoms with Crippen molar-refractivity contribution in [3.63, 3.8) is 0 Å². The highest BCUT2D eigenvalue weighted by Gasteiger charge is 2.52. The number of nitrogens with zero attached hydrogens (tertiary/aromatic N) is 1. The van der Waals surface area contributed by atoms with Crippen molar-refractivity contribution in [1.29, 1.82) is 0 Å². The molecule has 4 aliphatic carbocycles. The molecule has 0 aromatic heterocycles. The summed E-state index contributed by atoms with van der Waals surface area (Å²) in [4.78, 5) is 16.6. The second kappa shape index (κ2) is 8.98. The molecule has 0 amide bonds. The van der Waals surface area contributed by atoms with Crippen LogP contribution in [-0.2, 0) is 10.2 Å². The fourth-order valence-corrected chi connectivity index (χ4v) is 6.97. The number of rotatable bonds is 7. The van der Waals surface area contributed by atoms with Gasteiger partial charge in [-0.2, -0.15) is 0 Å². The van der Waals surface area contributed by atoms with Gasteiger partial charge in [0.2, 0.25) is 0 Å². The zero-order valence-corrected chi connectivity index (χ0v) is 19.8. The molecule has 5 heteroatoms. The summed E-state index contributed by atoms with van der Waals surface area (Å²) in [6.07, 6.45) is 9.54. The van der Waals surface area contributed by atoms with Crippen LogP contribution in [0.15, 0.2) is 60.1 Å². The molecule has 33 heavy (non-hydrogen) atoms. The maximum atomic E-state index is 12.0. The molecule has 0 saturated heterocycles. The molecule has 4 aliphatic rings. The van der Waals surface area contributed by atoms with Crippen LogP contribution in [0.2, 0.25) is 0 Å². The second-order valence-electron chi connectivity index (χ2n) is 9.95. The first-order valence-corrected chi connectivity index (χ1v) is 12.2. The molecule has 4 fully saturated rings. The second-order valence-corrected chi connectivity index (χ2v) is 10.3. The third-order valence-electron chi connectivity index (χ3n) is 7.71. The van der Waals surface area contributed by atoms with Crippen molar-refractivity contribution in [1.82, 2.24) is 0 Å². The van der Waals surface area contributed by atoms with Crippen LogP contribution in [0.4, 0.5) is 5.69 Å². The van der Waals surface area contributed by atoms with Gasteiger partial charge in [-0.05, 0) is 104 Å². The van der Waals surface area contributed by atoms with E-state index in [1.54, 1.807) is 37.5 Å². The van der Waals surface area contributed by atoms with Gasteiger partial charge in [0, 0.05) is 11.1 Å². The quantitative estimate of drug-likeness (QED) is 0.257. The molecule has 6 rings (SSSR count). The maximum Gasteiger partial charge on any atom is 0.338 e. The van der Waals surface area contributed by atoms with Gasteiger partial charge in [0.1, 0.15) is 17.5 Å². The fourth-order valence-electron chi connectivity index (χ4n) is 6.76. The van der Waals surface area contributed by atoms with Crippen molar-refractivity contribution in [2.24, 2.45) is 22.7 Å². The number of esters is 1. The van der Waals surface area contributed by atoms with E-state index in [1.807, 2.05) is 12.1 Å². The van der Waals surface area contributed by atoms with E-state index >= 15 is 0 Å². The molecule has 0 radical (unpaired) electrons. The monoisotopic (exact) mass is 463 g/mol. The molecule has 0 unspecified atom stereocenters. The smallest absolute Gasteiger partial charge is 0.338 e. The van der Waals surface area contributed by atoms with Crippen LogP contribution in [0.1, 0.15) is 60.0 Å². The first kappa shape index (κ1) is 22.2. The van der Waals surface area contributed by atoms with Gasteiger partial charge >= 0.3 is 5.97 Å². The highest BCUT2D eigenvalue weighted by molar-refractivity contribution is 6.69. The van der Waals surface area contributed by atoms with Crippen molar-refractivity contribution < 1.29 is 14.3 Å². The molecule has 172 valence electrons. The minimum Gasteiger partial charge on any atom is -0.496 e. The number of carbonyl (C=O) groups is 1. The van der Waals surface area contributed by atoms with Crippen LogP contribution in [-0.4, -0.2) is 24.9 Å². The third-order valence-corrected chi connectivity index (χ3v) is 8.01. The molecule has 2 aromatic rings. The summed E-state index contributed by atoms with van der Waals surface area (Å²) in [5.74, 6) is 3.14. The number of halogens is 1. The molecule has 0 N–H and O–H groups in total. The number of carbonyl (C=O) groups excluding carboxylic acids is 1. The fraction of sp³-hybridized carbons (Fsp3) is 0.429. The average molecular weight is 464 g/mol. The number of hydrogen-bond acceptors (Lipinski definition) is 4. The molecule has 2 aromatic carbocycles. The normalized spacial score (nSPS) is 27.9. The lowest BCUT2D eigenvalue weighted by molar-refractivity contribution is -0.00616. The number of ether oxygens (including phenoxy) is 2. The predicted octanol–water partition coefficient (Wildman–Crippen LogP) is 6.82. The first-order chi connectivity index (χ1) is 16.0. The zero-order valence-electron chi connectivity index (χ0n) is 19.1. The Kier molecular flexibility index (Phi) is 6.05. The molecule has 4 nitrogen and oxygen atoms in total. The van der Waals surface area contributed by atoms with Crippen molar-refractivity contribution in [3.05, 3.63) is 71.8 Å². The Morgan fingerprint density at radius 3 is 2.24 bits per heavy atom. The molecular weight excluding hydrogens is 434 g/mol. The SMILES string of the molecule is C=CCOC(=O)c1ccc(N=C(Cl)c2ccc(OC)c(C34CC5CC(CC(C5)C3)C4)c2)cc1. The lowest BCUT2D eigenvalue weighted by Gasteiger charge is -2.57. The number of aliphatic imine (C=N–C) groups is 1. The Balaban J connectivity index is 1.41. The molecule has 4 saturated carbocycles. The van der Waals surface area contributed by atoms with Gasteiger partial charge in [-0.1, -0.05) is 24.3 Å². The molecular formula is C28H30ClNO3. The van der Waals surface area contributed by atoms with Crippen LogP contribution in [0.5, 0.6) is 5.75 Å². The van der Waals surface area contributed by atoms with E-state index < -0.39 is 0 Å². The average Bonchev–Trinajstić information content (AvgIpc) is 2.81. The van der Waals surface area contributed by atoms with E-state index in [1.165, 1.54) is 44.1 Å².